The third-order valence-corrected chi connectivity index (χ3v) is 18.2. The molecule has 12 rings (SSSR count). The van der Waals surface area contributed by atoms with Gasteiger partial charge in [0.15, 0.2) is 0 Å². The maximum absolute atomic E-state index is 4.64. The van der Waals surface area contributed by atoms with Crippen LogP contribution in [0.1, 0.15) is 153 Å². The average Bonchev–Trinajstić information content (AvgIpc) is 1.82. The molecule has 93 heavy (non-hydrogen) atoms. The summed E-state index contributed by atoms with van der Waals surface area (Å²) in [6.45, 7) is 55.6. The molecule has 0 saturated carbocycles. The van der Waals surface area contributed by atoms with Gasteiger partial charge in [-0.1, -0.05) is 5.21 Å². The van der Waals surface area contributed by atoms with Gasteiger partial charge in [-0.05, 0) is 254 Å². The fourth-order valence-corrected chi connectivity index (χ4v) is 10.1. The molecule has 0 atom stereocenters. The van der Waals surface area contributed by atoms with Gasteiger partial charge in [-0.2, -0.15) is 40.2 Å². The van der Waals surface area contributed by atoms with E-state index in [-0.39, 0.29) is 0 Å². The lowest BCUT2D eigenvalue weighted by atomic mass is 9.97. The standard InChI is InChI=1S/3C13H18N2.6C5H9N3/c3*1-7-8(2)10(4)13-12(9(7)3)14-11(5)15(13)6;1-4-6-7-5(2)8(4)3;2*1-4-6-5(2)8(3)7-4;1-4-5(2)8(3)7-6-4;2*1-4-5(2)7-8(3)6-4/h3*1-6H3;6*1-3H3. The predicted molar refractivity (Wildman–Crippen MR) is 376 cm³/mol. The Morgan fingerprint density at radius 3 is 0.613 bits per heavy atom. The van der Waals surface area contributed by atoms with Crippen LogP contribution in [0.3, 0.4) is 0 Å². The molecule has 0 spiro atoms. The van der Waals surface area contributed by atoms with Crippen LogP contribution in [0.2, 0.25) is 0 Å². The van der Waals surface area contributed by atoms with Crippen LogP contribution >= 0.6 is 0 Å². The topological polar surface area (TPSA) is 238 Å². The molecule has 0 amide bonds. The van der Waals surface area contributed by atoms with Gasteiger partial charge in [-0.15, -0.1) is 15.3 Å². The van der Waals surface area contributed by atoms with Gasteiger partial charge < -0.3 is 18.3 Å². The zero-order chi connectivity index (χ0) is 70.9. The molecule has 0 aliphatic heterocycles. The second kappa shape index (κ2) is 32.0. The van der Waals surface area contributed by atoms with E-state index in [4.69, 9.17) is 0 Å². The van der Waals surface area contributed by atoms with Crippen LogP contribution in [0, 0.1) is 187 Å². The summed E-state index contributed by atoms with van der Waals surface area (Å²) in [5, 5.41) is 39.4. The van der Waals surface area contributed by atoms with E-state index in [0.717, 1.165) is 103 Å². The van der Waals surface area contributed by atoms with Gasteiger partial charge in [-0.3, -0.25) is 14.0 Å². The lowest BCUT2D eigenvalue weighted by Crippen LogP contribution is -1.97. The van der Waals surface area contributed by atoms with Crippen molar-refractivity contribution < 1.29 is 0 Å². The maximum atomic E-state index is 4.64. The highest BCUT2D eigenvalue weighted by atomic mass is 15.5. The monoisotopic (exact) mass is 1270 g/mol. The number of hydrogen-bond acceptors (Lipinski definition) is 15. The first kappa shape index (κ1) is 76.4. The van der Waals surface area contributed by atoms with Crippen molar-refractivity contribution in [3.63, 3.8) is 0 Å². The summed E-state index contributed by atoms with van der Waals surface area (Å²) in [5.74, 6) is 8.77. The van der Waals surface area contributed by atoms with Crippen LogP contribution in [0.15, 0.2) is 0 Å². The highest BCUT2D eigenvalue weighted by Crippen LogP contribution is 2.31. The lowest BCUT2D eigenvalue weighted by Gasteiger charge is -2.11. The number of fused-ring (bicyclic) bond motifs is 3. The minimum atomic E-state index is 0.838. The van der Waals surface area contributed by atoms with Crippen LogP contribution in [0.25, 0.3) is 33.1 Å². The average molecular weight is 1270 g/mol. The van der Waals surface area contributed by atoms with Crippen molar-refractivity contribution in [1.82, 2.24) is 118 Å². The van der Waals surface area contributed by atoms with E-state index in [2.05, 4.69) is 215 Å². The van der Waals surface area contributed by atoms with Gasteiger partial charge in [0, 0.05) is 63.4 Å². The van der Waals surface area contributed by atoms with E-state index in [1.54, 1.807) is 23.6 Å². The molecule has 0 bridgehead atoms. The summed E-state index contributed by atoms with van der Waals surface area (Å²) in [4.78, 5) is 25.2. The van der Waals surface area contributed by atoms with Gasteiger partial charge in [-0.25, -0.2) is 24.9 Å². The van der Waals surface area contributed by atoms with Gasteiger partial charge >= 0.3 is 0 Å². The predicted octanol–water partition coefficient (Wildman–Crippen LogP) is 11.9. The maximum Gasteiger partial charge on any atom is 0.147 e. The summed E-state index contributed by atoms with van der Waals surface area (Å²) in [5.41, 5.74) is 29.8. The van der Waals surface area contributed by atoms with E-state index in [0.29, 0.717) is 0 Å². The van der Waals surface area contributed by atoms with Crippen molar-refractivity contribution in [1.29, 1.82) is 0 Å². The second-order valence-electron chi connectivity index (χ2n) is 24.4. The van der Waals surface area contributed by atoms with Gasteiger partial charge in [0.1, 0.15) is 52.4 Å². The van der Waals surface area contributed by atoms with E-state index in [1.165, 1.54) is 83.3 Å². The zero-order valence-corrected chi connectivity index (χ0v) is 63.2. The van der Waals surface area contributed by atoms with Crippen LogP contribution < -0.4 is 0 Å². The van der Waals surface area contributed by atoms with Crippen molar-refractivity contribution in [2.24, 2.45) is 63.4 Å². The van der Waals surface area contributed by atoms with Crippen molar-refractivity contribution in [2.75, 3.05) is 0 Å². The molecule has 0 unspecified atom stereocenters. The summed E-state index contributed by atoms with van der Waals surface area (Å²) >= 11 is 0. The molecule has 0 saturated heterocycles. The van der Waals surface area contributed by atoms with Crippen LogP contribution in [-0.4, -0.2) is 118 Å². The van der Waals surface area contributed by atoms with Gasteiger partial charge in [0.25, 0.3) is 0 Å². The Morgan fingerprint density at radius 2 is 0.473 bits per heavy atom. The molecule has 0 radical (unpaired) electrons. The summed E-state index contributed by atoms with van der Waals surface area (Å²) in [6, 6.07) is 0. The second-order valence-corrected chi connectivity index (χ2v) is 24.4. The number of aryl methyl sites for hydroxylation is 28. The quantitative estimate of drug-likeness (QED) is 0.137. The van der Waals surface area contributed by atoms with E-state index in [1.807, 2.05) is 130 Å². The normalized spacial score (nSPS) is 10.6. The molecule has 9 heterocycles. The Balaban J connectivity index is 0.000000227. The first-order valence-corrected chi connectivity index (χ1v) is 31.3. The summed E-state index contributed by atoms with van der Waals surface area (Å²) < 4.78 is 13.8. The highest BCUT2D eigenvalue weighted by molar-refractivity contribution is 5.87. The Kier molecular flexibility index (Phi) is 26.3. The van der Waals surface area contributed by atoms with E-state index < -0.39 is 0 Å². The van der Waals surface area contributed by atoms with Crippen molar-refractivity contribution in [2.45, 2.75) is 187 Å². The number of hydrogen-bond donors (Lipinski definition) is 0. The van der Waals surface area contributed by atoms with Crippen molar-refractivity contribution >= 4 is 33.1 Å². The molecule has 24 nitrogen and oxygen atoms in total. The fourth-order valence-electron chi connectivity index (χ4n) is 10.1. The zero-order valence-electron chi connectivity index (χ0n) is 63.2. The van der Waals surface area contributed by atoms with Crippen molar-refractivity contribution in [3.8, 4) is 0 Å². The van der Waals surface area contributed by atoms with E-state index in [9.17, 15) is 0 Å². The summed E-state index contributed by atoms with van der Waals surface area (Å²) in [6.07, 6.45) is 0. The number of aromatic nitrogens is 24. The molecule has 0 aliphatic carbocycles. The molecule has 24 heteroatoms. The third kappa shape index (κ3) is 18.2. The lowest BCUT2D eigenvalue weighted by molar-refractivity contribution is 0.645. The first-order chi connectivity index (χ1) is 43.1. The molecular formula is C69H108N24. The number of imidazole rings is 3. The van der Waals surface area contributed by atoms with Gasteiger partial charge in [0.05, 0.1) is 67.3 Å². The minimum absolute atomic E-state index is 0.838. The molecule has 12 aromatic rings. The summed E-state index contributed by atoms with van der Waals surface area (Å²) in [7, 11) is 17.5. The SMILES string of the molecule is Cc1c(C)c(C)c2c(nc(C)n2C)c1C.Cc1c(C)c(C)c2c(nc(C)n2C)c1C.Cc1c(C)c(C)c2c(nc(C)n2C)c1C.Cc1nc(C)n(C)n1.Cc1nc(C)n(C)n1.Cc1nn(C)nc1C.Cc1nn(C)nc1C.Cc1nnc(C)n1C.Cc1nnn(C)c1C. The third-order valence-electron chi connectivity index (χ3n) is 18.2. The van der Waals surface area contributed by atoms with Gasteiger partial charge in [0.2, 0.25) is 0 Å². The smallest absolute Gasteiger partial charge is 0.147 e. The number of rotatable bonds is 0. The molecule has 0 N–H and O–H groups in total. The van der Waals surface area contributed by atoms with Crippen LogP contribution in [0.5, 0.6) is 0 Å². The van der Waals surface area contributed by atoms with E-state index >= 15 is 0 Å². The molecular weight excluding hydrogens is 1160 g/mol. The molecule has 0 fully saturated rings. The Labute approximate surface area is 552 Å². The van der Waals surface area contributed by atoms with Crippen LogP contribution in [0.4, 0.5) is 0 Å². The van der Waals surface area contributed by atoms with Crippen molar-refractivity contribution in [3.05, 3.63) is 153 Å². The Hall–Kier alpha value is -9.09. The molecule has 504 valence electrons. The molecule has 9 aromatic heterocycles. The largest absolute Gasteiger partial charge is 0.331 e. The number of nitrogens with zero attached hydrogens (tertiary/aromatic N) is 24. The minimum Gasteiger partial charge on any atom is -0.331 e. The fraction of sp³-hybridized carbons (Fsp3) is 0.522. The molecule has 0 aliphatic rings. The number of benzene rings is 3. The first-order valence-electron chi connectivity index (χ1n) is 31.3. The highest BCUT2D eigenvalue weighted by Gasteiger charge is 2.17. The Morgan fingerprint density at radius 1 is 0.215 bits per heavy atom. The van der Waals surface area contributed by atoms with Crippen LogP contribution in [-0.2, 0) is 63.4 Å². The Bertz CT molecular complexity index is 3950. The molecule has 3 aromatic carbocycles.